The van der Waals surface area contributed by atoms with E-state index in [2.05, 4.69) is 35.9 Å². The lowest BCUT2D eigenvalue weighted by molar-refractivity contribution is 0.0953. The van der Waals surface area contributed by atoms with Gasteiger partial charge in [0.2, 0.25) is 0 Å². The third-order valence-corrected chi connectivity index (χ3v) is 5.70. The molecule has 0 bridgehead atoms. The zero-order valence-corrected chi connectivity index (χ0v) is 17.8. The average Bonchev–Trinajstić information content (AvgIpc) is 3.07. The van der Waals surface area contributed by atoms with Crippen LogP contribution in [0.3, 0.4) is 0 Å². The average molecular weight is 405 g/mol. The second-order valence-corrected chi connectivity index (χ2v) is 7.73. The first-order valence-electron chi connectivity index (χ1n) is 10.4. The van der Waals surface area contributed by atoms with Crippen LogP contribution in [0.15, 0.2) is 54.6 Å². The summed E-state index contributed by atoms with van der Waals surface area (Å²) < 4.78 is 13.4. The molecule has 0 aliphatic carbocycles. The van der Waals surface area contributed by atoms with E-state index in [4.69, 9.17) is 9.47 Å². The van der Waals surface area contributed by atoms with Crippen molar-refractivity contribution in [2.75, 3.05) is 19.8 Å². The molecule has 0 saturated carbocycles. The Labute approximate surface area is 177 Å². The smallest absolute Gasteiger partial charge is 0.253 e. The first-order chi connectivity index (χ1) is 14.5. The molecule has 0 spiro atoms. The van der Waals surface area contributed by atoms with Crippen molar-refractivity contribution in [2.24, 2.45) is 0 Å². The van der Waals surface area contributed by atoms with Gasteiger partial charge in [-0.2, -0.15) is 0 Å². The van der Waals surface area contributed by atoms with Crippen LogP contribution in [0.25, 0.3) is 0 Å². The molecular formula is C25H28N2O3. The highest BCUT2D eigenvalue weighted by molar-refractivity contribution is 5.95. The molecule has 1 atom stereocenters. The number of nitrogens with zero attached hydrogens (tertiary/aromatic N) is 1. The number of aromatic nitrogens is 1. The Bertz CT molecular complexity index is 1040. The van der Waals surface area contributed by atoms with Gasteiger partial charge in [0.15, 0.2) is 11.5 Å². The van der Waals surface area contributed by atoms with Gasteiger partial charge in [-0.1, -0.05) is 36.4 Å². The Morgan fingerprint density at radius 1 is 1.03 bits per heavy atom. The Balaban J connectivity index is 1.42. The van der Waals surface area contributed by atoms with Crippen molar-refractivity contribution < 1.29 is 14.3 Å². The zero-order valence-electron chi connectivity index (χ0n) is 17.8. The number of ether oxygens (including phenoxy) is 2. The Morgan fingerprint density at radius 3 is 2.53 bits per heavy atom. The number of fused-ring (bicyclic) bond motifs is 1. The third-order valence-electron chi connectivity index (χ3n) is 5.70. The maximum Gasteiger partial charge on any atom is 0.253 e. The fourth-order valence-electron chi connectivity index (χ4n) is 4.14. The topological polar surface area (TPSA) is 52.5 Å². The summed E-state index contributed by atoms with van der Waals surface area (Å²) in [6.45, 7) is 7.96. The predicted molar refractivity (Wildman–Crippen MR) is 118 cm³/mol. The van der Waals surface area contributed by atoms with Crippen molar-refractivity contribution in [3.05, 3.63) is 82.7 Å². The van der Waals surface area contributed by atoms with Crippen molar-refractivity contribution in [1.29, 1.82) is 0 Å². The van der Waals surface area contributed by atoms with E-state index in [-0.39, 0.29) is 11.9 Å². The number of hydrogen-bond donors (Lipinski definition) is 1. The van der Waals surface area contributed by atoms with E-state index in [1.807, 2.05) is 49.4 Å². The zero-order chi connectivity index (χ0) is 21.1. The highest BCUT2D eigenvalue weighted by atomic mass is 16.6. The van der Waals surface area contributed by atoms with Crippen molar-refractivity contribution >= 4 is 5.91 Å². The van der Waals surface area contributed by atoms with Gasteiger partial charge in [0.1, 0.15) is 13.2 Å². The number of rotatable bonds is 6. The maximum absolute atomic E-state index is 12.8. The number of carbonyl (C=O) groups is 1. The lowest BCUT2D eigenvalue weighted by Gasteiger charge is -2.19. The molecule has 5 nitrogen and oxygen atoms in total. The summed E-state index contributed by atoms with van der Waals surface area (Å²) in [4.78, 5) is 12.8. The quantitative estimate of drug-likeness (QED) is 0.660. The first kappa shape index (κ1) is 20.1. The lowest BCUT2D eigenvalue weighted by Crippen LogP contribution is -2.26. The Morgan fingerprint density at radius 2 is 1.77 bits per heavy atom. The highest BCUT2D eigenvalue weighted by Gasteiger charge is 2.19. The standard InChI is InChI=1S/C25H28N2O3/c1-17-15-22(19(3)27(17)18(2)21-7-5-4-6-8-21)25(28)26-12-11-20-9-10-23-24(16-20)30-14-13-29-23/h4-10,15-16,18H,11-14H2,1-3H3,(H,26,28). The molecule has 1 N–H and O–H groups in total. The van der Waals surface area contributed by atoms with Crippen LogP contribution in [0, 0.1) is 13.8 Å². The molecule has 2 heterocycles. The van der Waals surface area contributed by atoms with Gasteiger partial charge in [0, 0.05) is 17.9 Å². The molecule has 0 saturated heterocycles. The van der Waals surface area contributed by atoms with Crippen LogP contribution in [0.4, 0.5) is 0 Å². The summed E-state index contributed by atoms with van der Waals surface area (Å²) in [7, 11) is 0. The minimum Gasteiger partial charge on any atom is -0.486 e. The summed E-state index contributed by atoms with van der Waals surface area (Å²) in [5.41, 5.74) is 5.14. The SMILES string of the molecule is Cc1cc(C(=O)NCCc2ccc3c(c2)OCCO3)c(C)n1C(C)c1ccccc1. The van der Waals surface area contributed by atoms with Crippen molar-refractivity contribution in [1.82, 2.24) is 9.88 Å². The van der Waals surface area contributed by atoms with Gasteiger partial charge in [-0.25, -0.2) is 0 Å². The summed E-state index contributed by atoms with van der Waals surface area (Å²) in [6.07, 6.45) is 0.738. The Kier molecular flexibility index (Phi) is 5.79. The highest BCUT2D eigenvalue weighted by Crippen LogP contribution is 2.31. The summed E-state index contributed by atoms with van der Waals surface area (Å²) in [5.74, 6) is 1.53. The van der Waals surface area contributed by atoms with Crippen LogP contribution in [-0.4, -0.2) is 30.2 Å². The van der Waals surface area contributed by atoms with E-state index in [0.717, 1.165) is 40.4 Å². The molecule has 1 amide bonds. The van der Waals surface area contributed by atoms with Crippen LogP contribution >= 0.6 is 0 Å². The molecule has 4 rings (SSSR count). The third kappa shape index (κ3) is 4.06. The van der Waals surface area contributed by atoms with Crippen LogP contribution in [0.1, 0.15) is 45.8 Å². The molecule has 1 aliphatic rings. The van der Waals surface area contributed by atoms with Gasteiger partial charge < -0.3 is 19.4 Å². The monoisotopic (exact) mass is 404 g/mol. The lowest BCUT2D eigenvalue weighted by atomic mass is 10.1. The van der Waals surface area contributed by atoms with Gasteiger partial charge >= 0.3 is 0 Å². The fourth-order valence-corrected chi connectivity index (χ4v) is 4.14. The summed E-state index contributed by atoms with van der Waals surface area (Å²) >= 11 is 0. The molecule has 3 aromatic rings. The van der Waals surface area contributed by atoms with E-state index in [9.17, 15) is 4.79 Å². The van der Waals surface area contributed by atoms with E-state index in [1.165, 1.54) is 5.56 Å². The number of carbonyl (C=O) groups excluding carboxylic acids is 1. The molecule has 0 fully saturated rings. The number of benzene rings is 2. The van der Waals surface area contributed by atoms with Crippen LogP contribution < -0.4 is 14.8 Å². The van der Waals surface area contributed by atoms with E-state index < -0.39 is 0 Å². The van der Waals surface area contributed by atoms with E-state index >= 15 is 0 Å². The Hall–Kier alpha value is -3.21. The number of amides is 1. The number of hydrogen-bond acceptors (Lipinski definition) is 3. The normalized spacial score (nSPS) is 13.7. The first-order valence-corrected chi connectivity index (χ1v) is 10.4. The van der Waals surface area contributed by atoms with Crippen LogP contribution in [-0.2, 0) is 6.42 Å². The molecule has 1 aliphatic heterocycles. The van der Waals surface area contributed by atoms with Gasteiger partial charge in [0.25, 0.3) is 5.91 Å². The van der Waals surface area contributed by atoms with Gasteiger partial charge in [-0.15, -0.1) is 0 Å². The number of nitrogens with one attached hydrogen (secondary N) is 1. The molecule has 30 heavy (non-hydrogen) atoms. The van der Waals surface area contributed by atoms with Crippen molar-refractivity contribution in [3.8, 4) is 11.5 Å². The molecule has 1 unspecified atom stereocenters. The van der Waals surface area contributed by atoms with E-state index in [0.29, 0.717) is 19.8 Å². The van der Waals surface area contributed by atoms with Crippen molar-refractivity contribution in [2.45, 2.75) is 33.2 Å². The van der Waals surface area contributed by atoms with Crippen LogP contribution in [0.2, 0.25) is 0 Å². The molecule has 2 aromatic carbocycles. The molecule has 1 aromatic heterocycles. The predicted octanol–water partition coefficient (Wildman–Crippen LogP) is 4.46. The minimum absolute atomic E-state index is 0.0350. The largest absolute Gasteiger partial charge is 0.486 e. The summed E-state index contributed by atoms with van der Waals surface area (Å²) in [6, 6.07) is 18.5. The number of aryl methyl sites for hydroxylation is 1. The van der Waals surface area contributed by atoms with Gasteiger partial charge in [0.05, 0.1) is 11.6 Å². The molecular weight excluding hydrogens is 376 g/mol. The second-order valence-electron chi connectivity index (χ2n) is 7.73. The maximum atomic E-state index is 12.8. The summed E-state index contributed by atoms with van der Waals surface area (Å²) in [5, 5.41) is 3.06. The molecule has 5 heteroatoms. The molecule has 0 radical (unpaired) electrons. The second kappa shape index (κ2) is 8.66. The van der Waals surface area contributed by atoms with Crippen LogP contribution in [0.5, 0.6) is 11.5 Å². The van der Waals surface area contributed by atoms with Gasteiger partial charge in [-0.3, -0.25) is 4.79 Å². The minimum atomic E-state index is -0.0350. The van der Waals surface area contributed by atoms with Gasteiger partial charge in [-0.05, 0) is 56.5 Å². The fraction of sp³-hybridized carbons (Fsp3) is 0.320. The van der Waals surface area contributed by atoms with Crippen molar-refractivity contribution in [3.63, 3.8) is 0 Å². The molecule has 156 valence electrons. The van der Waals surface area contributed by atoms with E-state index in [1.54, 1.807) is 0 Å².